The average Bonchev–Trinajstić information content (AvgIpc) is 2.58. The number of hydrogen-bond donors (Lipinski definition) is 0. The van der Waals surface area contributed by atoms with Crippen molar-refractivity contribution in [1.82, 2.24) is 0 Å². The van der Waals surface area contributed by atoms with Gasteiger partial charge in [0.1, 0.15) is 0 Å². The molecule has 0 fully saturated rings. The first kappa shape index (κ1) is 38.2. The predicted molar refractivity (Wildman–Crippen MR) is 142 cm³/mol. The Kier molecular flexibility index (Phi) is 28.4. The van der Waals surface area contributed by atoms with Gasteiger partial charge in [-0.3, -0.25) is 0 Å². The lowest BCUT2D eigenvalue weighted by molar-refractivity contribution is 0.109. The predicted octanol–water partition coefficient (Wildman–Crippen LogP) is 9.18. The minimum Gasteiger partial charge on any atom is -0.381 e. The maximum absolute atomic E-state index is 5.36. The highest BCUT2D eigenvalue weighted by molar-refractivity contribution is 4.60. The van der Waals surface area contributed by atoms with Crippen molar-refractivity contribution in [2.24, 2.45) is 16.2 Å². The van der Waals surface area contributed by atoms with Crippen LogP contribution in [0.15, 0.2) is 0 Å². The molecule has 31 heavy (non-hydrogen) atoms. The van der Waals surface area contributed by atoms with E-state index >= 15 is 0 Å². The smallest absolute Gasteiger partial charge is 0.0471 e. The Morgan fingerprint density at radius 2 is 0.581 bits per heavy atom. The van der Waals surface area contributed by atoms with Gasteiger partial charge in [-0.15, -0.1) is 0 Å². The molecule has 0 radical (unpaired) electrons. The van der Waals surface area contributed by atoms with Crippen molar-refractivity contribution in [3.63, 3.8) is 0 Å². The van der Waals surface area contributed by atoms with Gasteiger partial charge in [0.05, 0.1) is 0 Å². The summed E-state index contributed by atoms with van der Waals surface area (Å²) in [4.78, 5) is 0. The fraction of sp³-hybridized carbons (Fsp3) is 1.00. The number of hydrogen-bond acceptors (Lipinski definition) is 3. The Bertz CT molecular complexity index is 266. The van der Waals surface area contributed by atoms with Crippen LogP contribution in [0, 0.1) is 16.2 Å². The van der Waals surface area contributed by atoms with Crippen LogP contribution in [0.2, 0.25) is 0 Å². The van der Waals surface area contributed by atoms with Gasteiger partial charge < -0.3 is 14.2 Å². The highest BCUT2D eigenvalue weighted by Crippen LogP contribution is 2.19. The summed E-state index contributed by atoms with van der Waals surface area (Å²) in [6.45, 7) is 32.0. The van der Waals surface area contributed by atoms with Crippen LogP contribution in [0.5, 0.6) is 0 Å². The van der Waals surface area contributed by atoms with Gasteiger partial charge in [-0.1, -0.05) is 90.5 Å². The van der Waals surface area contributed by atoms with Crippen LogP contribution in [0.4, 0.5) is 0 Å². The van der Waals surface area contributed by atoms with Crippen LogP contribution < -0.4 is 0 Å². The van der Waals surface area contributed by atoms with Gasteiger partial charge in [0, 0.05) is 39.6 Å². The first-order valence-corrected chi connectivity index (χ1v) is 12.4. The molecule has 0 spiro atoms. The summed E-state index contributed by atoms with van der Waals surface area (Å²) in [5.41, 5.74) is 1.27. The number of rotatable bonds is 12. The van der Waals surface area contributed by atoms with Crippen molar-refractivity contribution in [1.29, 1.82) is 0 Å². The van der Waals surface area contributed by atoms with E-state index in [0.29, 0.717) is 16.2 Å². The SMILES string of the molecule is C.CCCOCCC(C)(C)C.CCCOCCC(C)(C)C.CCCOCCC(C)(C)C. The molecule has 0 bridgehead atoms. The third-order valence-electron chi connectivity index (χ3n) is 4.03. The van der Waals surface area contributed by atoms with Crippen LogP contribution in [0.25, 0.3) is 0 Å². The summed E-state index contributed by atoms with van der Waals surface area (Å²) in [5.74, 6) is 0. The highest BCUT2D eigenvalue weighted by Gasteiger charge is 2.09. The zero-order valence-electron chi connectivity index (χ0n) is 23.2. The van der Waals surface area contributed by atoms with Gasteiger partial charge >= 0.3 is 0 Å². The molecule has 0 aromatic carbocycles. The molecular formula is C28H64O3. The first-order chi connectivity index (χ1) is 13.7. The van der Waals surface area contributed by atoms with Crippen molar-refractivity contribution in [3.8, 4) is 0 Å². The van der Waals surface area contributed by atoms with Crippen LogP contribution in [-0.2, 0) is 14.2 Å². The monoisotopic (exact) mass is 448 g/mol. The summed E-state index contributed by atoms with van der Waals surface area (Å²) >= 11 is 0. The number of ether oxygens (including phenoxy) is 3. The Morgan fingerprint density at radius 1 is 0.387 bits per heavy atom. The Hall–Kier alpha value is -0.120. The molecule has 194 valence electrons. The average molecular weight is 449 g/mol. The molecule has 0 atom stereocenters. The minimum atomic E-state index is 0. The van der Waals surface area contributed by atoms with Crippen molar-refractivity contribution >= 4 is 0 Å². The van der Waals surface area contributed by atoms with Crippen molar-refractivity contribution < 1.29 is 14.2 Å². The first-order valence-electron chi connectivity index (χ1n) is 12.4. The molecule has 0 aromatic rings. The zero-order valence-corrected chi connectivity index (χ0v) is 23.2. The van der Waals surface area contributed by atoms with E-state index in [1.54, 1.807) is 0 Å². The normalized spacial score (nSPS) is 11.6. The van der Waals surface area contributed by atoms with Crippen molar-refractivity contribution in [2.75, 3.05) is 39.6 Å². The third kappa shape index (κ3) is 53.3. The second-order valence-electron chi connectivity index (χ2n) is 11.8. The van der Waals surface area contributed by atoms with Crippen LogP contribution in [-0.4, -0.2) is 39.6 Å². The van der Waals surface area contributed by atoms with E-state index in [-0.39, 0.29) is 7.43 Å². The van der Waals surface area contributed by atoms with E-state index in [4.69, 9.17) is 14.2 Å². The van der Waals surface area contributed by atoms with Crippen molar-refractivity contribution in [3.05, 3.63) is 0 Å². The highest BCUT2D eigenvalue weighted by atomic mass is 16.5. The fourth-order valence-electron chi connectivity index (χ4n) is 1.87. The van der Waals surface area contributed by atoms with E-state index in [2.05, 4.69) is 83.1 Å². The molecule has 0 aliphatic rings. The van der Waals surface area contributed by atoms with Crippen molar-refractivity contribution in [2.45, 2.75) is 129 Å². The molecule has 3 heteroatoms. The Labute approximate surface area is 199 Å². The molecule has 0 saturated heterocycles. The summed E-state index contributed by atoms with van der Waals surface area (Å²) in [5, 5.41) is 0. The fourth-order valence-corrected chi connectivity index (χ4v) is 1.87. The molecule has 0 N–H and O–H groups in total. The maximum atomic E-state index is 5.36. The molecular weight excluding hydrogens is 384 g/mol. The summed E-state index contributed by atoms with van der Waals surface area (Å²) < 4.78 is 16.1. The van der Waals surface area contributed by atoms with Gasteiger partial charge in [0.15, 0.2) is 0 Å². The molecule has 0 aliphatic carbocycles. The summed E-state index contributed by atoms with van der Waals surface area (Å²) in [6, 6.07) is 0. The summed E-state index contributed by atoms with van der Waals surface area (Å²) in [6.07, 6.45) is 6.87. The Balaban J connectivity index is -0.000000174. The molecule has 0 unspecified atom stereocenters. The summed E-state index contributed by atoms with van der Waals surface area (Å²) in [7, 11) is 0. The largest absolute Gasteiger partial charge is 0.381 e. The van der Waals surface area contributed by atoms with Gasteiger partial charge in [-0.05, 0) is 54.8 Å². The van der Waals surface area contributed by atoms with E-state index in [9.17, 15) is 0 Å². The van der Waals surface area contributed by atoms with E-state index in [0.717, 1.165) is 78.2 Å². The lowest BCUT2D eigenvalue weighted by atomic mass is 9.93. The molecule has 0 aromatic heterocycles. The molecule has 0 heterocycles. The van der Waals surface area contributed by atoms with E-state index < -0.39 is 0 Å². The molecule has 0 aliphatic heterocycles. The topological polar surface area (TPSA) is 27.7 Å². The van der Waals surface area contributed by atoms with Crippen LogP contribution in [0.3, 0.4) is 0 Å². The Morgan fingerprint density at radius 3 is 0.710 bits per heavy atom. The van der Waals surface area contributed by atoms with Gasteiger partial charge in [0.25, 0.3) is 0 Å². The van der Waals surface area contributed by atoms with Gasteiger partial charge in [-0.2, -0.15) is 0 Å². The molecule has 3 nitrogen and oxygen atoms in total. The molecule has 0 amide bonds. The third-order valence-corrected chi connectivity index (χ3v) is 4.03. The quantitative estimate of drug-likeness (QED) is 0.278. The second-order valence-corrected chi connectivity index (χ2v) is 11.8. The lowest BCUT2D eigenvalue weighted by Gasteiger charge is -2.17. The standard InChI is InChI=1S/3C9H20O.CH4/c3*1-5-7-10-8-6-9(2,3)4;/h3*5-8H2,1-4H3;1H4. The second kappa shape index (κ2) is 23.1. The van der Waals surface area contributed by atoms with Gasteiger partial charge in [-0.25, -0.2) is 0 Å². The van der Waals surface area contributed by atoms with Gasteiger partial charge in [0.2, 0.25) is 0 Å². The minimum absolute atomic E-state index is 0. The van der Waals surface area contributed by atoms with Crippen LogP contribution in [0.1, 0.15) is 129 Å². The molecule has 0 saturated carbocycles. The van der Waals surface area contributed by atoms with E-state index in [1.165, 1.54) is 0 Å². The van der Waals surface area contributed by atoms with E-state index in [1.807, 2.05) is 0 Å². The maximum Gasteiger partial charge on any atom is 0.0471 e. The molecule has 0 rings (SSSR count). The lowest BCUT2D eigenvalue weighted by Crippen LogP contribution is -2.09. The zero-order chi connectivity index (χ0) is 24.1. The van der Waals surface area contributed by atoms with Crippen LogP contribution >= 0.6 is 0 Å².